The summed E-state index contributed by atoms with van der Waals surface area (Å²) in [6, 6.07) is 16.6. The van der Waals surface area contributed by atoms with E-state index in [9.17, 15) is 23.9 Å². The van der Waals surface area contributed by atoms with Crippen LogP contribution in [0.2, 0.25) is 0 Å². The molecule has 0 aliphatic carbocycles. The maximum absolute atomic E-state index is 14.2. The van der Waals surface area contributed by atoms with Crippen LogP contribution in [0, 0.1) is 23.0 Å². The van der Waals surface area contributed by atoms with Crippen molar-refractivity contribution < 1.29 is 13.9 Å². The maximum Gasteiger partial charge on any atom is 0.256 e. The van der Waals surface area contributed by atoms with Crippen molar-refractivity contribution in [3.63, 3.8) is 0 Å². The van der Waals surface area contributed by atoms with Crippen LogP contribution in [0.3, 0.4) is 0 Å². The lowest BCUT2D eigenvalue weighted by Gasteiger charge is -2.13. The van der Waals surface area contributed by atoms with Crippen LogP contribution in [0.5, 0.6) is 0 Å². The molecule has 0 amide bonds. The molecule has 0 saturated heterocycles. The van der Waals surface area contributed by atoms with Crippen molar-refractivity contribution in [2.24, 2.45) is 0 Å². The zero-order chi connectivity index (χ0) is 19.8. The van der Waals surface area contributed by atoms with E-state index in [-0.39, 0.29) is 21.6 Å². The van der Waals surface area contributed by atoms with E-state index >= 15 is 0 Å². The van der Waals surface area contributed by atoms with Gasteiger partial charge >= 0.3 is 0 Å². The minimum absolute atomic E-state index is 0.143. The molecule has 138 valence electrons. The molecule has 4 aromatic rings. The predicted octanol–water partition coefficient (Wildman–Crippen LogP) is 4.28. The van der Waals surface area contributed by atoms with Crippen molar-refractivity contribution in [3.8, 4) is 11.8 Å². The van der Waals surface area contributed by atoms with E-state index in [1.165, 1.54) is 16.7 Å². The topological polar surface area (TPSA) is 66.0 Å². The van der Waals surface area contributed by atoms with E-state index in [1.54, 1.807) is 24.3 Å². The number of para-hydroxylation sites is 1. The van der Waals surface area contributed by atoms with Gasteiger partial charge in [0.1, 0.15) is 33.5 Å². The Balaban J connectivity index is 2.00. The summed E-state index contributed by atoms with van der Waals surface area (Å²) in [7, 11) is 0. The van der Waals surface area contributed by atoms with Crippen molar-refractivity contribution in [1.29, 1.82) is 5.26 Å². The lowest BCUT2D eigenvalue weighted by atomic mass is 9.99. The SMILES string of the molecule is N#Cc1sc2c(ccc(=O)n2-c2ccccc2)c1C(O)c1ccc(F)cc1F. The number of fused-ring (bicyclic) bond motifs is 1. The summed E-state index contributed by atoms with van der Waals surface area (Å²) < 4.78 is 28.9. The first-order chi connectivity index (χ1) is 13.5. The van der Waals surface area contributed by atoms with Crippen LogP contribution >= 0.6 is 11.3 Å². The van der Waals surface area contributed by atoms with Crippen LogP contribution in [0.25, 0.3) is 15.9 Å². The third kappa shape index (κ3) is 2.89. The van der Waals surface area contributed by atoms with Gasteiger partial charge in [0.15, 0.2) is 0 Å². The number of pyridine rings is 1. The van der Waals surface area contributed by atoms with Gasteiger partial charge in [-0.05, 0) is 24.3 Å². The molecule has 1 N–H and O–H groups in total. The van der Waals surface area contributed by atoms with Crippen molar-refractivity contribution in [2.75, 3.05) is 0 Å². The molecule has 1 atom stereocenters. The lowest BCUT2D eigenvalue weighted by molar-refractivity contribution is 0.216. The molecule has 4 rings (SSSR count). The van der Waals surface area contributed by atoms with Gasteiger partial charge in [0.05, 0.1) is 5.69 Å². The number of hydrogen-bond donors (Lipinski definition) is 1. The molecule has 0 aliphatic heterocycles. The highest BCUT2D eigenvalue weighted by molar-refractivity contribution is 7.19. The van der Waals surface area contributed by atoms with E-state index in [1.807, 2.05) is 12.1 Å². The van der Waals surface area contributed by atoms with Gasteiger partial charge in [-0.2, -0.15) is 5.26 Å². The quantitative estimate of drug-likeness (QED) is 0.564. The largest absolute Gasteiger partial charge is 0.383 e. The van der Waals surface area contributed by atoms with Crippen molar-refractivity contribution in [2.45, 2.75) is 6.10 Å². The molecule has 0 aliphatic rings. The monoisotopic (exact) mass is 394 g/mol. The number of hydrogen-bond acceptors (Lipinski definition) is 4. The Morgan fingerprint density at radius 1 is 1.07 bits per heavy atom. The molecule has 2 aromatic heterocycles. The second kappa shape index (κ2) is 7.00. The zero-order valence-electron chi connectivity index (χ0n) is 14.3. The first-order valence-corrected chi connectivity index (χ1v) is 9.10. The number of aromatic nitrogens is 1. The molecule has 1 unspecified atom stereocenters. The Hall–Kier alpha value is -3.34. The van der Waals surface area contributed by atoms with Gasteiger partial charge in [0, 0.05) is 28.6 Å². The smallest absolute Gasteiger partial charge is 0.256 e. The van der Waals surface area contributed by atoms with Gasteiger partial charge in [-0.25, -0.2) is 8.78 Å². The highest BCUT2D eigenvalue weighted by atomic mass is 32.1. The summed E-state index contributed by atoms with van der Waals surface area (Å²) in [5.74, 6) is -1.67. The minimum atomic E-state index is -1.48. The van der Waals surface area contributed by atoms with Gasteiger partial charge in [-0.15, -0.1) is 11.3 Å². The Kier molecular flexibility index (Phi) is 4.51. The Morgan fingerprint density at radius 2 is 1.82 bits per heavy atom. The summed E-state index contributed by atoms with van der Waals surface area (Å²) in [6.45, 7) is 0. The summed E-state index contributed by atoms with van der Waals surface area (Å²) >= 11 is 1.04. The fraction of sp³-hybridized carbons (Fsp3) is 0.0476. The Morgan fingerprint density at radius 3 is 2.50 bits per heavy atom. The fourth-order valence-electron chi connectivity index (χ4n) is 3.16. The van der Waals surface area contributed by atoms with E-state index in [0.29, 0.717) is 22.0 Å². The van der Waals surface area contributed by atoms with E-state index in [2.05, 4.69) is 0 Å². The van der Waals surface area contributed by atoms with E-state index in [4.69, 9.17) is 0 Å². The molecule has 2 heterocycles. The Labute approximate surface area is 162 Å². The van der Waals surface area contributed by atoms with Crippen LogP contribution in [0.15, 0.2) is 65.5 Å². The molecule has 7 heteroatoms. The number of aliphatic hydroxyl groups is 1. The van der Waals surface area contributed by atoms with Gasteiger partial charge in [-0.3, -0.25) is 9.36 Å². The lowest BCUT2D eigenvalue weighted by Crippen LogP contribution is -2.16. The summed E-state index contributed by atoms with van der Waals surface area (Å²) in [5, 5.41) is 20.8. The van der Waals surface area contributed by atoms with E-state index < -0.39 is 17.7 Å². The molecular formula is C21H12F2N2O2S. The summed E-state index contributed by atoms with van der Waals surface area (Å²) in [4.78, 5) is 13.1. The van der Waals surface area contributed by atoms with Crippen LogP contribution in [0.1, 0.15) is 22.1 Å². The number of halogens is 2. The van der Waals surface area contributed by atoms with Gasteiger partial charge in [-0.1, -0.05) is 24.3 Å². The maximum atomic E-state index is 14.2. The highest BCUT2D eigenvalue weighted by Crippen LogP contribution is 2.38. The third-order valence-corrected chi connectivity index (χ3v) is 5.54. The standard InChI is InChI=1S/C21H12F2N2O2S/c22-12-6-7-14(16(23)10-12)20(27)19-15-8-9-18(26)25(13-4-2-1-3-5-13)21(15)28-17(19)11-24/h1-10,20,27H. The molecule has 0 radical (unpaired) electrons. The number of thiophene rings is 1. The highest BCUT2D eigenvalue weighted by Gasteiger charge is 2.25. The molecule has 0 spiro atoms. The average molecular weight is 394 g/mol. The molecule has 28 heavy (non-hydrogen) atoms. The van der Waals surface area contributed by atoms with Gasteiger partial charge < -0.3 is 5.11 Å². The predicted molar refractivity (Wildman–Crippen MR) is 103 cm³/mol. The number of nitrogens with zero attached hydrogens (tertiary/aromatic N) is 2. The zero-order valence-corrected chi connectivity index (χ0v) is 15.1. The van der Waals surface area contributed by atoms with Crippen LogP contribution in [-0.2, 0) is 0 Å². The molecule has 2 aromatic carbocycles. The molecular weight excluding hydrogens is 382 g/mol. The Bertz CT molecular complexity index is 1290. The average Bonchev–Trinajstić information content (AvgIpc) is 3.06. The van der Waals surface area contributed by atoms with Crippen LogP contribution in [0.4, 0.5) is 8.78 Å². The number of rotatable bonds is 3. The normalized spacial score (nSPS) is 12.1. The van der Waals surface area contributed by atoms with Gasteiger partial charge in [0.25, 0.3) is 5.56 Å². The van der Waals surface area contributed by atoms with Crippen molar-refractivity contribution >= 4 is 21.6 Å². The first kappa shape index (κ1) is 18.0. The second-order valence-electron chi connectivity index (χ2n) is 6.09. The molecule has 0 saturated carbocycles. The number of nitriles is 1. The minimum Gasteiger partial charge on any atom is -0.383 e. The fourth-order valence-corrected chi connectivity index (χ4v) is 4.30. The number of benzene rings is 2. The summed E-state index contributed by atoms with van der Waals surface area (Å²) in [6.07, 6.45) is -1.48. The second-order valence-corrected chi connectivity index (χ2v) is 7.09. The molecule has 4 nitrogen and oxygen atoms in total. The number of aliphatic hydroxyl groups excluding tert-OH is 1. The van der Waals surface area contributed by atoms with Crippen molar-refractivity contribution in [3.05, 3.63) is 98.7 Å². The molecule has 0 fully saturated rings. The molecule has 0 bridgehead atoms. The van der Waals surface area contributed by atoms with Gasteiger partial charge in [0.2, 0.25) is 0 Å². The van der Waals surface area contributed by atoms with Crippen LogP contribution in [-0.4, -0.2) is 9.67 Å². The van der Waals surface area contributed by atoms with Crippen LogP contribution < -0.4 is 5.56 Å². The summed E-state index contributed by atoms with van der Waals surface area (Å²) in [5.41, 5.74) is 0.365. The first-order valence-electron chi connectivity index (χ1n) is 8.28. The van der Waals surface area contributed by atoms with Crippen molar-refractivity contribution in [1.82, 2.24) is 4.57 Å². The third-order valence-electron chi connectivity index (χ3n) is 4.43. The van der Waals surface area contributed by atoms with E-state index in [0.717, 1.165) is 23.5 Å².